The van der Waals surface area contributed by atoms with Gasteiger partial charge in [0.2, 0.25) is 0 Å². The topological polar surface area (TPSA) is 37.3 Å². The lowest BCUT2D eigenvalue weighted by molar-refractivity contribution is -0.142. The van der Waals surface area contributed by atoms with E-state index in [1.807, 2.05) is 0 Å². The van der Waals surface area contributed by atoms with Crippen LogP contribution in [0.4, 0.5) is 0 Å². The molecule has 0 unspecified atom stereocenters. The van der Waals surface area contributed by atoms with Gasteiger partial charge in [-0.25, -0.2) is 0 Å². The van der Waals surface area contributed by atoms with Crippen LogP contribution in [0.25, 0.3) is 0 Å². The summed E-state index contributed by atoms with van der Waals surface area (Å²) in [5, 5.41) is 10.0. The smallest absolute Gasteiger partial charge is 0.139 e. The summed E-state index contributed by atoms with van der Waals surface area (Å²) in [7, 11) is 0. The van der Waals surface area contributed by atoms with Gasteiger partial charge < -0.3 is 5.11 Å². The molecule has 4 rings (SSSR count). The lowest BCUT2D eigenvalue weighted by Crippen LogP contribution is -2.54. The van der Waals surface area contributed by atoms with E-state index in [4.69, 9.17) is 0 Å². The summed E-state index contributed by atoms with van der Waals surface area (Å²) in [5.41, 5.74) is 0.452. The number of hydrogen-bond donors (Lipinski definition) is 1. The number of hydrogen-bond acceptors (Lipinski definition) is 2. The molecule has 0 bridgehead atoms. The van der Waals surface area contributed by atoms with Crippen LogP contribution in [0.5, 0.6) is 0 Å². The largest absolute Gasteiger partial charge is 0.393 e. The molecule has 0 aromatic heterocycles. The van der Waals surface area contributed by atoms with Crippen LogP contribution in [0.1, 0.15) is 71.6 Å². The number of fused-ring (bicyclic) bond motifs is 5. The van der Waals surface area contributed by atoms with Crippen LogP contribution in [-0.4, -0.2) is 17.0 Å². The van der Waals surface area contributed by atoms with Gasteiger partial charge in [0.1, 0.15) is 5.78 Å². The Kier molecular flexibility index (Phi) is 3.10. The van der Waals surface area contributed by atoms with Crippen molar-refractivity contribution in [2.75, 3.05) is 0 Å². The van der Waals surface area contributed by atoms with Gasteiger partial charge in [-0.1, -0.05) is 13.8 Å². The molecule has 4 aliphatic carbocycles. The lowest BCUT2D eigenvalue weighted by atomic mass is 9.45. The van der Waals surface area contributed by atoms with Crippen molar-refractivity contribution >= 4 is 5.78 Å². The molecule has 2 heteroatoms. The summed E-state index contributed by atoms with van der Waals surface area (Å²) in [6, 6.07) is 0. The Hall–Kier alpha value is -0.370. The molecule has 0 aromatic rings. The van der Waals surface area contributed by atoms with Crippen LogP contribution in [0.2, 0.25) is 0 Å². The minimum absolute atomic E-state index is 0.0124. The molecule has 0 amide bonds. The first-order valence-electron chi connectivity index (χ1n) is 9.16. The quantitative estimate of drug-likeness (QED) is 0.733. The van der Waals surface area contributed by atoms with E-state index >= 15 is 0 Å². The van der Waals surface area contributed by atoms with Crippen molar-refractivity contribution in [2.45, 2.75) is 77.7 Å². The molecule has 4 saturated carbocycles. The maximum absolute atomic E-state index is 12.4. The van der Waals surface area contributed by atoms with Crippen LogP contribution in [0, 0.1) is 34.5 Å². The van der Waals surface area contributed by atoms with Crippen LogP contribution in [-0.2, 0) is 4.79 Å². The van der Waals surface area contributed by atoms with Gasteiger partial charge in [-0.15, -0.1) is 0 Å². The third kappa shape index (κ3) is 1.84. The molecule has 0 saturated heterocycles. The van der Waals surface area contributed by atoms with E-state index in [-0.39, 0.29) is 11.5 Å². The second-order valence-corrected chi connectivity index (χ2v) is 9.00. The van der Waals surface area contributed by atoms with Gasteiger partial charge in [-0.3, -0.25) is 4.79 Å². The molecule has 21 heavy (non-hydrogen) atoms. The molecule has 0 radical (unpaired) electrons. The Morgan fingerprint density at radius 2 is 1.81 bits per heavy atom. The number of rotatable bonds is 0. The Labute approximate surface area is 128 Å². The maximum Gasteiger partial charge on any atom is 0.139 e. The molecule has 0 heterocycles. The van der Waals surface area contributed by atoms with Crippen molar-refractivity contribution in [3.05, 3.63) is 0 Å². The normalized spacial score (nSPS) is 56.5. The van der Waals surface area contributed by atoms with E-state index in [0.717, 1.165) is 49.9 Å². The van der Waals surface area contributed by atoms with Gasteiger partial charge >= 0.3 is 0 Å². The lowest BCUT2D eigenvalue weighted by Gasteiger charge is -2.60. The van der Waals surface area contributed by atoms with Gasteiger partial charge in [-0.05, 0) is 80.5 Å². The molecule has 118 valence electrons. The molecular weight excluding hydrogens is 260 g/mol. The van der Waals surface area contributed by atoms with Gasteiger partial charge in [0.05, 0.1) is 6.10 Å². The first-order valence-corrected chi connectivity index (χ1v) is 9.16. The first-order chi connectivity index (χ1) is 9.95. The Morgan fingerprint density at radius 1 is 1.00 bits per heavy atom. The zero-order chi connectivity index (χ0) is 14.8. The summed E-state index contributed by atoms with van der Waals surface area (Å²) < 4.78 is 0. The van der Waals surface area contributed by atoms with E-state index < -0.39 is 0 Å². The fourth-order valence-electron chi connectivity index (χ4n) is 7.01. The van der Waals surface area contributed by atoms with Crippen LogP contribution in [0.15, 0.2) is 0 Å². The molecule has 0 aliphatic heterocycles. The SMILES string of the molecule is C[C@]12CC[C@@H](O)C[C@@H]1CC[C@@H]1[C@H]2CC[C@]2(C)C(=O)CC[C@@H]12. The third-order valence-corrected chi connectivity index (χ3v) is 8.35. The van der Waals surface area contributed by atoms with Crippen molar-refractivity contribution < 1.29 is 9.90 Å². The minimum atomic E-state index is -0.0541. The van der Waals surface area contributed by atoms with Gasteiger partial charge in [-0.2, -0.15) is 0 Å². The number of carbonyl (C=O) groups excluding carboxylic acids is 1. The Morgan fingerprint density at radius 3 is 2.62 bits per heavy atom. The predicted molar refractivity (Wildman–Crippen MR) is 82.7 cm³/mol. The Balaban J connectivity index is 1.64. The fraction of sp³-hybridized carbons (Fsp3) is 0.947. The van der Waals surface area contributed by atoms with Crippen molar-refractivity contribution in [2.24, 2.45) is 34.5 Å². The van der Waals surface area contributed by atoms with E-state index in [1.54, 1.807) is 0 Å². The minimum Gasteiger partial charge on any atom is -0.393 e. The van der Waals surface area contributed by atoms with Gasteiger partial charge in [0, 0.05) is 11.8 Å². The first kappa shape index (κ1) is 14.2. The monoisotopic (exact) mass is 290 g/mol. The number of ketones is 1. The summed E-state index contributed by atoms with van der Waals surface area (Å²) in [5.74, 6) is 3.54. The molecule has 4 aliphatic rings. The average Bonchev–Trinajstić information content (AvgIpc) is 2.76. The Bertz CT molecular complexity index is 458. The summed E-state index contributed by atoms with van der Waals surface area (Å²) >= 11 is 0. The summed E-state index contributed by atoms with van der Waals surface area (Å²) in [6.45, 7) is 4.78. The second kappa shape index (κ2) is 4.57. The van der Waals surface area contributed by atoms with E-state index in [9.17, 15) is 9.90 Å². The highest BCUT2D eigenvalue weighted by Crippen LogP contribution is 2.65. The fourth-order valence-corrected chi connectivity index (χ4v) is 7.01. The maximum atomic E-state index is 12.4. The second-order valence-electron chi connectivity index (χ2n) is 9.00. The summed E-state index contributed by atoms with van der Waals surface area (Å²) in [6.07, 6.45) is 10.1. The van der Waals surface area contributed by atoms with Crippen LogP contribution in [0.3, 0.4) is 0 Å². The predicted octanol–water partition coefficient (Wildman–Crippen LogP) is 3.96. The van der Waals surface area contributed by atoms with E-state index in [0.29, 0.717) is 17.1 Å². The molecular formula is C19H30O2. The summed E-state index contributed by atoms with van der Waals surface area (Å²) in [4.78, 5) is 12.4. The van der Waals surface area contributed by atoms with Crippen LogP contribution < -0.4 is 0 Å². The molecule has 0 aromatic carbocycles. The van der Waals surface area contributed by atoms with Crippen molar-refractivity contribution in [3.8, 4) is 0 Å². The van der Waals surface area contributed by atoms with E-state index in [2.05, 4.69) is 13.8 Å². The van der Waals surface area contributed by atoms with E-state index in [1.165, 1.54) is 25.7 Å². The van der Waals surface area contributed by atoms with Gasteiger partial charge in [0.15, 0.2) is 0 Å². The molecule has 2 nitrogen and oxygen atoms in total. The molecule has 0 spiro atoms. The highest BCUT2D eigenvalue weighted by atomic mass is 16.3. The molecule has 4 fully saturated rings. The van der Waals surface area contributed by atoms with Crippen molar-refractivity contribution in [1.82, 2.24) is 0 Å². The standard InChI is InChI=1S/C19H30O2/c1-18-9-7-13(20)11-12(18)3-4-14-15-5-6-17(21)19(15,2)10-8-16(14)18/h12-16,20H,3-11H2,1-2H3/t12-,13+,14-,15-,16+,18-,19-/m0/s1. The highest BCUT2D eigenvalue weighted by molar-refractivity contribution is 5.87. The number of aliphatic hydroxyl groups is 1. The van der Waals surface area contributed by atoms with Gasteiger partial charge in [0.25, 0.3) is 0 Å². The zero-order valence-electron chi connectivity index (χ0n) is 13.6. The number of Topliss-reactive ketones (excluding diaryl/α,β-unsaturated/α-hetero) is 1. The highest BCUT2D eigenvalue weighted by Gasteiger charge is 2.60. The van der Waals surface area contributed by atoms with Crippen molar-refractivity contribution in [3.63, 3.8) is 0 Å². The number of carbonyl (C=O) groups is 1. The third-order valence-electron chi connectivity index (χ3n) is 8.35. The average molecular weight is 290 g/mol. The zero-order valence-corrected chi connectivity index (χ0v) is 13.6. The van der Waals surface area contributed by atoms with Crippen molar-refractivity contribution in [1.29, 1.82) is 0 Å². The molecule has 1 N–H and O–H groups in total. The number of aliphatic hydroxyl groups excluding tert-OH is 1. The molecule has 7 atom stereocenters. The van der Waals surface area contributed by atoms with Crippen LogP contribution >= 0.6 is 0 Å².